The molecule has 2 nitrogen and oxygen atoms in total. The van der Waals surface area contributed by atoms with E-state index in [9.17, 15) is 4.79 Å². The lowest BCUT2D eigenvalue weighted by atomic mass is 9.87. The van der Waals surface area contributed by atoms with E-state index in [1.54, 1.807) is 6.07 Å². The van der Waals surface area contributed by atoms with Gasteiger partial charge in [0.05, 0.1) is 16.4 Å². The summed E-state index contributed by atoms with van der Waals surface area (Å²) in [5.41, 5.74) is 0.658. The predicted octanol–water partition coefficient (Wildman–Crippen LogP) is 4.60. The number of carbonyl (C=O) groups is 1. The second-order valence-corrected chi connectivity index (χ2v) is 7.90. The molecule has 1 heterocycles. The molecule has 0 saturated carbocycles. The summed E-state index contributed by atoms with van der Waals surface area (Å²) in [5, 5.41) is 0. The molecule has 0 aliphatic carbocycles. The van der Waals surface area contributed by atoms with Crippen LogP contribution in [0.2, 0.25) is 8.67 Å². The maximum atomic E-state index is 12.1. The topological polar surface area (TPSA) is 20.3 Å². The zero-order valence-corrected chi connectivity index (χ0v) is 13.7. The number of ketones is 1. The summed E-state index contributed by atoms with van der Waals surface area (Å²) in [6.07, 6.45) is 0. The summed E-state index contributed by atoms with van der Waals surface area (Å²) in [6, 6.07) is 1.95. The zero-order chi connectivity index (χ0) is 14.1. The number of hydrogen-bond acceptors (Lipinski definition) is 3. The molecule has 1 rings (SSSR count). The molecule has 0 aliphatic rings. The first kappa shape index (κ1) is 16.0. The second kappa shape index (κ2) is 5.91. The van der Waals surface area contributed by atoms with Crippen LogP contribution in [0, 0.1) is 5.41 Å². The fourth-order valence-corrected chi connectivity index (χ4v) is 3.14. The quantitative estimate of drug-likeness (QED) is 0.757. The van der Waals surface area contributed by atoms with Crippen molar-refractivity contribution >= 4 is 40.3 Å². The van der Waals surface area contributed by atoms with Crippen LogP contribution in [0.15, 0.2) is 6.07 Å². The van der Waals surface area contributed by atoms with Crippen molar-refractivity contribution in [1.29, 1.82) is 0 Å². The van der Waals surface area contributed by atoms with Gasteiger partial charge in [0, 0.05) is 6.04 Å². The zero-order valence-electron chi connectivity index (χ0n) is 11.4. The van der Waals surface area contributed by atoms with Gasteiger partial charge in [-0.3, -0.25) is 9.69 Å². The molecule has 0 spiro atoms. The number of likely N-dealkylation sites (N-methyl/N-ethyl adjacent to an activating group) is 1. The molecule has 18 heavy (non-hydrogen) atoms. The van der Waals surface area contributed by atoms with E-state index in [2.05, 4.69) is 27.7 Å². The monoisotopic (exact) mass is 307 g/mol. The number of carbonyl (C=O) groups excluding carboxylic acids is 1. The Morgan fingerprint density at radius 2 is 2.00 bits per heavy atom. The highest BCUT2D eigenvalue weighted by Crippen LogP contribution is 2.32. The predicted molar refractivity (Wildman–Crippen MR) is 80.2 cm³/mol. The third-order valence-corrected chi connectivity index (χ3v) is 4.75. The summed E-state index contributed by atoms with van der Waals surface area (Å²) in [7, 11) is 1.95. The Labute approximate surface area is 123 Å². The van der Waals surface area contributed by atoms with Crippen molar-refractivity contribution in [2.45, 2.75) is 33.7 Å². The molecule has 102 valence electrons. The van der Waals surface area contributed by atoms with E-state index in [-0.39, 0.29) is 11.2 Å². The van der Waals surface area contributed by atoms with Crippen molar-refractivity contribution in [3.63, 3.8) is 0 Å². The van der Waals surface area contributed by atoms with E-state index in [0.29, 0.717) is 26.8 Å². The molecule has 0 radical (unpaired) electrons. The van der Waals surface area contributed by atoms with Gasteiger partial charge in [-0.2, -0.15) is 0 Å². The van der Waals surface area contributed by atoms with Crippen molar-refractivity contribution in [1.82, 2.24) is 4.90 Å². The molecule has 1 unspecified atom stereocenters. The van der Waals surface area contributed by atoms with Crippen LogP contribution < -0.4 is 0 Å². The van der Waals surface area contributed by atoms with Gasteiger partial charge in [-0.25, -0.2) is 0 Å². The first-order valence-electron chi connectivity index (χ1n) is 5.81. The number of halogens is 2. The van der Waals surface area contributed by atoms with Gasteiger partial charge in [0.15, 0.2) is 5.78 Å². The molecule has 0 fully saturated rings. The normalized spacial score (nSPS) is 14.0. The van der Waals surface area contributed by atoms with Gasteiger partial charge in [-0.05, 0) is 25.5 Å². The molecule has 1 atom stereocenters. The maximum Gasteiger partial charge on any atom is 0.179 e. The third kappa shape index (κ3) is 3.95. The van der Waals surface area contributed by atoms with Crippen LogP contribution in [0.4, 0.5) is 0 Å². The second-order valence-electron chi connectivity index (χ2n) is 5.62. The van der Waals surface area contributed by atoms with Crippen molar-refractivity contribution in [2.24, 2.45) is 5.41 Å². The van der Waals surface area contributed by atoms with Gasteiger partial charge in [0.25, 0.3) is 0 Å². The van der Waals surface area contributed by atoms with Crippen LogP contribution in [0.5, 0.6) is 0 Å². The molecule has 1 aromatic rings. The maximum absolute atomic E-state index is 12.1. The molecule has 0 aromatic carbocycles. The van der Waals surface area contributed by atoms with E-state index in [0.717, 1.165) is 0 Å². The van der Waals surface area contributed by atoms with Crippen LogP contribution in [0.3, 0.4) is 0 Å². The molecule has 0 amide bonds. The highest BCUT2D eigenvalue weighted by Gasteiger charge is 2.26. The standard InChI is InChI=1S/C13H19Cl2NOS/c1-8(13(2,3)4)16(5)7-10(17)9-6-11(14)18-12(9)15/h6,8H,7H2,1-5H3. The molecule has 0 N–H and O–H groups in total. The number of rotatable bonds is 4. The van der Waals surface area contributed by atoms with Gasteiger partial charge in [0.1, 0.15) is 4.34 Å². The lowest BCUT2D eigenvalue weighted by molar-refractivity contribution is 0.0854. The fourth-order valence-electron chi connectivity index (χ4n) is 1.64. The summed E-state index contributed by atoms with van der Waals surface area (Å²) in [5.74, 6) is 0.0155. The third-order valence-electron chi connectivity index (χ3n) is 3.26. The minimum Gasteiger partial charge on any atom is -0.296 e. The summed E-state index contributed by atoms with van der Waals surface area (Å²) < 4.78 is 1.02. The largest absolute Gasteiger partial charge is 0.296 e. The minimum atomic E-state index is 0.0155. The molecule has 0 saturated heterocycles. The van der Waals surface area contributed by atoms with Crippen LogP contribution in [-0.2, 0) is 0 Å². The Morgan fingerprint density at radius 1 is 1.44 bits per heavy atom. The smallest absolute Gasteiger partial charge is 0.179 e. The van der Waals surface area contributed by atoms with Crippen molar-refractivity contribution in [3.8, 4) is 0 Å². The Kier molecular flexibility index (Phi) is 5.24. The van der Waals surface area contributed by atoms with Gasteiger partial charge in [-0.1, -0.05) is 44.0 Å². The average molecular weight is 308 g/mol. The van der Waals surface area contributed by atoms with E-state index < -0.39 is 0 Å². The lowest BCUT2D eigenvalue weighted by Crippen LogP contribution is -2.41. The summed E-state index contributed by atoms with van der Waals surface area (Å²) >= 11 is 13.1. The molecule has 1 aromatic heterocycles. The Hall–Kier alpha value is -0.0900. The highest BCUT2D eigenvalue weighted by molar-refractivity contribution is 7.20. The Morgan fingerprint density at radius 3 is 2.39 bits per heavy atom. The number of hydrogen-bond donors (Lipinski definition) is 0. The molecular formula is C13H19Cl2NOS. The van der Waals surface area contributed by atoms with Crippen LogP contribution in [0.1, 0.15) is 38.1 Å². The molecule has 5 heteroatoms. The van der Waals surface area contributed by atoms with E-state index >= 15 is 0 Å². The van der Waals surface area contributed by atoms with Gasteiger partial charge >= 0.3 is 0 Å². The highest BCUT2D eigenvalue weighted by atomic mass is 35.5. The minimum absolute atomic E-state index is 0.0155. The Balaban J connectivity index is 2.74. The molecule has 0 bridgehead atoms. The number of Topliss-reactive ketones (excluding diaryl/α,β-unsaturated/α-hetero) is 1. The van der Waals surface area contributed by atoms with Crippen molar-refractivity contribution in [3.05, 3.63) is 20.3 Å². The van der Waals surface area contributed by atoms with Crippen LogP contribution in [0.25, 0.3) is 0 Å². The SMILES string of the molecule is CC(N(C)CC(=O)c1cc(Cl)sc1Cl)C(C)(C)C. The lowest BCUT2D eigenvalue weighted by Gasteiger charge is -2.34. The van der Waals surface area contributed by atoms with E-state index in [1.807, 2.05) is 11.9 Å². The average Bonchev–Trinajstić information content (AvgIpc) is 2.55. The van der Waals surface area contributed by atoms with Gasteiger partial charge in [-0.15, -0.1) is 11.3 Å². The molecular weight excluding hydrogens is 289 g/mol. The van der Waals surface area contributed by atoms with Gasteiger partial charge < -0.3 is 0 Å². The fraction of sp³-hybridized carbons (Fsp3) is 0.615. The summed E-state index contributed by atoms with van der Waals surface area (Å²) in [4.78, 5) is 14.2. The molecule has 0 aliphatic heterocycles. The first-order valence-corrected chi connectivity index (χ1v) is 7.38. The number of thiophene rings is 1. The van der Waals surface area contributed by atoms with E-state index in [4.69, 9.17) is 23.2 Å². The summed E-state index contributed by atoms with van der Waals surface area (Å²) in [6.45, 7) is 8.95. The van der Waals surface area contributed by atoms with Crippen LogP contribution in [-0.4, -0.2) is 30.3 Å². The first-order chi connectivity index (χ1) is 8.12. The van der Waals surface area contributed by atoms with Crippen molar-refractivity contribution in [2.75, 3.05) is 13.6 Å². The van der Waals surface area contributed by atoms with Crippen LogP contribution >= 0.6 is 34.5 Å². The number of nitrogens with zero attached hydrogens (tertiary/aromatic N) is 1. The Bertz CT molecular complexity index is 437. The van der Waals surface area contributed by atoms with Gasteiger partial charge in [0.2, 0.25) is 0 Å². The van der Waals surface area contributed by atoms with E-state index in [1.165, 1.54) is 11.3 Å². The van der Waals surface area contributed by atoms with Crippen molar-refractivity contribution < 1.29 is 4.79 Å².